The fraction of sp³-hybridized carbons (Fsp3) is 0.222. The molecule has 124 valence electrons. The lowest BCUT2D eigenvalue weighted by Gasteiger charge is -2.06. The lowest BCUT2D eigenvalue weighted by atomic mass is 10.2. The third-order valence-electron chi connectivity index (χ3n) is 3.47. The van der Waals surface area contributed by atoms with Gasteiger partial charge in [-0.2, -0.15) is 0 Å². The molecule has 0 saturated carbocycles. The van der Waals surface area contributed by atoms with E-state index in [1.54, 1.807) is 23.9 Å². The Morgan fingerprint density at radius 3 is 2.54 bits per heavy atom. The summed E-state index contributed by atoms with van der Waals surface area (Å²) in [6.45, 7) is 0.585. The van der Waals surface area contributed by atoms with Crippen LogP contribution >= 0.6 is 11.8 Å². The molecule has 0 spiro atoms. The molecule has 6 heteroatoms. The molecule has 4 nitrogen and oxygen atoms in total. The molecule has 3 rings (SSSR count). The molecule has 1 aromatic heterocycles. The number of ether oxygens (including phenoxy) is 1. The molecule has 0 radical (unpaired) electrons. The predicted molar refractivity (Wildman–Crippen MR) is 93.7 cm³/mol. The highest BCUT2D eigenvalue weighted by atomic mass is 32.2. The van der Waals surface area contributed by atoms with Crippen molar-refractivity contribution in [3.05, 3.63) is 60.4 Å². The van der Waals surface area contributed by atoms with E-state index in [1.807, 2.05) is 41.9 Å². The minimum absolute atomic E-state index is 0.255. The summed E-state index contributed by atoms with van der Waals surface area (Å²) in [5, 5.41) is 9.40. The number of aromatic nitrogens is 3. The highest BCUT2D eigenvalue weighted by molar-refractivity contribution is 7.99. The van der Waals surface area contributed by atoms with Crippen molar-refractivity contribution >= 4 is 11.8 Å². The Hall–Kier alpha value is -2.34. The molecular weight excluding hydrogens is 325 g/mol. The first-order valence-electron chi connectivity index (χ1n) is 7.70. The molecule has 0 aliphatic rings. The van der Waals surface area contributed by atoms with Gasteiger partial charge in [0.2, 0.25) is 0 Å². The van der Waals surface area contributed by atoms with Gasteiger partial charge >= 0.3 is 0 Å². The summed E-state index contributed by atoms with van der Waals surface area (Å²) in [5.41, 5.74) is 1.05. The van der Waals surface area contributed by atoms with Gasteiger partial charge in [0.15, 0.2) is 11.0 Å². The maximum atomic E-state index is 12.8. The summed E-state index contributed by atoms with van der Waals surface area (Å²) in [7, 11) is 1.97. The highest BCUT2D eigenvalue weighted by Crippen LogP contribution is 2.22. The van der Waals surface area contributed by atoms with Gasteiger partial charge in [-0.05, 0) is 30.7 Å². The summed E-state index contributed by atoms with van der Waals surface area (Å²) in [4.78, 5) is 0. The van der Waals surface area contributed by atoms with Gasteiger partial charge < -0.3 is 9.30 Å². The van der Waals surface area contributed by atoms with Crippen LogP contribution in [-0.4, -0.2) is 27.1 Å². The Bertz CT molecular complexity index is 775. The van der Waals surface area contributed by atoms with Crippen molar-refractivity contribution in [3.63, 3.8) is 0 Å². The van der Waals surface area contributed by atoms with Gasteiger partial charge in [-0.25, -0.2) is 4.39 Å². The van der Waals surface area contributed by atoms with Crippen molar-refractivity contribution in [2.45, 2.75) is 11.6 Å². The zero-order valence-corrected chi connectivity index (χ0v) is 14.2. The molecule has 0 atom stereocenters. The Labute approximate surface area is 144 Å². The van der Waals surface area contributed by atoms with Crippen molar-refractivity contribution in [2.24, 2.45) is 7.05 Å². The third-order valence-corrected chi connectivity index (χ3v) is 4.58. The van der Waals surface area contributed by atoms with Crippen molar-refractivity contribution in [1.82, 2.24) is 14.8 Å². The van der Waals surface area contributed by atoms with Crippen LogP contribution < -0.4 is 4.74 Å². The Morgan fingerprint density at radius 2 is 1.79 bits per heavy atom. The Balaban J connectivity index is 1.47. The maximum absolute atomic E-state index is 12.8. The molecule has 24 heavy (non-hydrogen) atoms. The fourth-order valence-electron chi connectivity index (χ4n) is 2.22. The second-order valence-electron chi connectivity index (χ2n) is 5.24. The zero-order valence-electron chi connectivity index (χ0n) is 13.4. The minimum Gasteiger partial charge on any atom is -0.494 e. The van der Waals surface area contributed by atoms with Gasteiger partial charge in [0, 0.05) is 18.4 Å². The quantitative estimate of drug-likeness (QED) is 0.476. The lowest BCUT2D eigenvalue weighted by Crippen LogP contribution is -2.00. The summed E-state index contributed by atoms with van der Waals surface area (Å²) >= 11 is 1.65. The molecule has 0 N–H and O–H groups in total. The summed E-state index contributed by atoms with van der Waals surface area (Å²) < 4.78 is 20.4. The van der Waals surface area contributed by atoms with E-state index in [-0.39, 0.29) is 5.82 Å². The molecule has 2 aromatic carbocycles. The molecule has 0 fully saturated rings. The van der Waals surface area contributed by atoms with Crippen LogP contribution in [0, 0.1) is 5.82 Å². The molecular formula is C18H18FN3OS. The fourth-order valence-corrected chi connectivity index (χ4v) is 3.05. The van der Waals surface area contributed by atoms with Gasteiger partial charge in [-0.3, -0.25) is 0 Å². The van der Waals surface area contributed by atoms with Crippen LogP contribution in [-0.2, 0) is 7.05 Å². The standard InChI is InChI=1S/C18H18FN3OS/c1-22-17(14-6-3-2-4-7-14)20-21-18(22)24-13-5-12-23-16-10-8-15(19)9-11-16/h2-4,6-11H,5,12-13H2,1H3. The van der Waals surface area contributed by atoms with Crippen LogP contribution in [0.2, 0.25) is 0 Å². The predicted octanol–water partition coefficient (Wildman–Crippen LogP) is 4.18. The Kier molecular flexibility index (Phi) is 5.48. The van der Waals surface area contributed by atoms with E-state index in [4.69, 9.17) is 4.74 Å². The molecule has 0 unspecified atom stereocenters. The van der Waals surface area contributed by atoms with E-state index >= 15 is 0 Å². The number of hydrogen-bond acceptors (Lipinski definition) is 4. The third kappa shape index (κ3) is 4.14. The number of halogens is 1. The SMILES string of the molecule is Cn1c(SCCCOc2ccc(F)cc2)nnc1-c1ccccc1. The maximum Gasteiger partial charge on any atom is 0.191 e. The number of hydrogen-bond donors (Lipinski definition) is 0. The van der Waals surface area contributed by atoms with Gasteiger partial charge in [-0.1, -0.05) is 42.1 Å². The normalized spacial score (nSPS) is 10.8. The van der Waals surface area contributed by atoms with E-state index in [0.29, 0.717) is 12.4 Å². The Morgan fingerprint density at radius 1 is 1.04 bits per heavy atom. The molecule has 0 aliphatic heterocycles. The first-order chi connectivity index (χ1) is 11.7. The van der Waals surface area contributed by atoms with E-state index in [0.717, 1.165) is 28.7 Å². The van der Waals surface area contributed by atoms with Crippen molar-refractivity contribution < 1.29 is 9.13 Å². The van der Waals surface area contributed by atoms with Crippen LogP contribution in [0.25, 0.3) is 11.4 Å². The summed E-state index contributed by atoms with van der Waals surface area (Å²) in [6, 6.07) is 16.1. The number of rotatable bonds is 7. The van der Waals surface area contributed by atoms with Gasteiger partial charge in [-0.15, -0.1) is 10.2 Å². The molecule has 0 amide bonds. The van der Waals surface area contributed by atoms with E-state index in [2.05, 4.69) is 10.2 Å². The van der Waals surface area contributed by atoms with Gasteiger partial charge in [0.25, 0.3) is 0 Å². The van der Waals surface area contributed by atoms with Gasteiger partial charge in [0.05, 0.1) is 6.61 Å². The van der Waals surface area contributed by atoms with E-state index in [1.165, 1.54) is 12.1 Å². The molecule has 0 saturated heterocycles. The van der Waals surface area contributed by atoms with Crippen LogP contribution in [0.3, 0.4) is 0 Å². The number of thioether (sulfide) groups is 1. The topological polar surface area (TPSA) is 39.9 Å². The smallest absolute Gasteiger partial charge is 0.191 e. The van der Waals surface area contributed by atoms with Crippen LogP contribution in [0.1, 0.15) is 6.42 Å². The summed E-state index contributed by atoms with van der Waals surface area (Å²) in [5.74, 6) is 2.17. The lowest BCUT2D eigenvalue weighted by molar-refractivity contribution is 0.318. The molecule has 0 bridgehead atoms. The monoisotopic (exact) mass is 343 g/mol. The number of nitrogens with zero attached hydrogens (tertiary/aromatic N) is 3. The van der Waals surface area contributed by atoms with Crippen LogP contribution in [0.15, 0.2) is 59.8 Å². The van der Waals surface area contributed by atoms with Crippen LogP contribution in [0.4, 0.5) is 4.39 Å². The van der Waals surface area contributed by atoms with E-state index < -0.39 is 0 Å². The first-order valence-corrected chi connectivity index (χ1v) is 8.68. The van der Waals surface area contributed by atoms with Crippen molar-refractivity contribution in [2.75, 3.05) is 12.4 Å². The second kappa shape index (κ2) is 7.97. The largest absolute Gasteiger partial charge is 0.494 e. The van der Waals surface area contributed by atoms with Crippen molar-refractivity contribution in [3.8, 4) is 17.1 Å². The van der Waals surface area contributed by atoms with E-state index in [9.17, 15) is 4.39 Å². The molecule has 0 aliphatic carbocycles. The molecule has 3 aromatic rings. The minimum atomic E-state index is -0.255. The first kappa shape index (κ1) is 16.5. The van der Waals surface area contributed by atoms with Crippen molar-refractivity contribution in [1.29, 1.82) is 0 Å². The van der Waals surface area contributed by atoms with Gasteiger partial charge in [0.1, 0.15) is 11.6 Å². The van der Waals surface area contributed by atoms with Crippen LogP contribution in [0.5, 0.6) is 5.75 Å². The number of benzene rings is 2. The highest BCUT2D eigenvalue weighted by Gasteiger charge is 2.10. The molecule has 1 heterocycles. The zero-order chi connectivity index (χ0) is 16.8. The summed E-state index contributed by atoms with van der Waals surface area (Å²) in [6.07, 6.45) is 0.871. The second-order valence-corrected chi connectivity index (χ2v) is 6.30. The average Bonchev–Trinajstić information content (AvgIpc) is 2.98. The average molecular weight is 343 g/mol.